The van der Waals surface area contributed by atoms with Gasteiger partial charge < -0.3 is 9.64 Å². The summed E-state index contributed by atoms with van der Waals surface area (Å²) in [5.74, 6) is 0. The van der Waals surface area contributed by atoms with Gasteiger partial charge in [0.15, 0.2) is 0 Å². The molecular weight excluding hydrogens is 166 g/mol. The minimum absolute atomic E-state index is 0.177. The lowest BCUT2D eigenvalue weighted by Gasteiger charge is -2.32. The molecule has 1 saturated heterocycles. The fraction of sp³-hybridized carbons (Fsp3) is 0.700. The third kappa shape index (κ3) is 4.41. The molecule has 13 heavy (non-hydrogen) atoms. The average molecular weight is 183 g/mol. The molecule has 74 valence electrons. The summed E-state index contributed by atoms with van der Waals surface area (Å²) < 4.78 is 5.13. The van der Waals surface area contributed by atoms with Crippen LogP contribution in [0.2, 0.25) is 0 Å². The summed E-state index contributed by atoms with van der Waals surface area (Å²) in [7, 11) is 0. The van der Waals surface area contributed by atoms with E-state index in [0.29, 0.717) is 0 Å². The van der Waals surface area contributed by atoms with Crippen molar-refractivity contribution in [3.8, 4) is 12.8 Å². The molecule has 1 amide bonds. The molecule has 3 nitrogen and oxygen atoms in total. The van der Waals surface area contributed by atoms with Crippen molar-refractivity contribution in [2.45, 2.75) is 32.8 Å². The summed E-state index contributed by atoms with van der Waals surface area (Å²) in [5.41, 5.74) is -0.354. The van der Waals surface area contributed by atoms with Crippen LogP contribution in [0, 0.1) is 12.8 Å². The zero-order valence-electron chi connectivity index (χ0n) is 8.54. The van der Waals surface area contributed by atoms with Crippen molar-refractivity contribution in [1.29, 1.82) is 0 Å². The number of ether oxygens (including phenoxy) is 1. The maximum absolute atomic E-state index is 11.1. The van der Waals surface area contributed by atoms with Crippen molar-refractivity contribution in [3.63, 3.8) is 0 Å². The van der Waals surface area contributed by atoms with E-state index in [1.54, 1.807) is 4.90 Å². The van der Waals surface area contributed by atoms with E-state index in [0.717, 1.165) is 19.5 Å². The Morgan fingerprint density at radius 2 is 1.77 bits per heavy atom. The number of nitrogens with zero attached hydrogens (tertiary/aromatic N) is 1. The maximum atomic E-state index is 11.1. The van der Waals surface area contributed by atoms with Crippen molar-refractivity contribution >= 4 is 6.09 Å². The van der Waals surface area contributed by atoms with Gasteiger partial charge in [-0.05, 0) is 27.2 Å². The highest BCUT2D eigenvalue weighted by Gasteiger charge is 2.25. The molecule has 0 spiro atoms. The number of rotatable bonds is 0. The predicted molar refractivity (Wildman–Crippen MR) is 52.3 cm³/mol. The molecule has 1 aliphatic heterocycles. The predicted octanol–water partition coefficient (Wildman–Crippen LogP) is 1.88. The quantitative estimate of drug-likeness (QED) is 0.537. The monoisotopic (exact) mass is 183 g/mol. The molecule has 0 aromatic heterocycles. The summed E-state index contributed by atoms with van der Waals surface area (Å²) >= 11 is 0. The standard InChI is InChI=1S/C8H15NO2.C2H2/c1-8(2,3)11-7(10)9-5-4-6-9;1-2/h4-6H2,1-3H3;1-2H. The number of hydrogen-bond donors (Lipinski definition) is 0. The van der Waals surface area contributed by atoms with Gasteiger partial charge >= 0.3 is 6.09 Å². The molecule has 0 N–H and O–H groups in total. The van der Waals surface area contributed by atoms with Crippen molar-refractivity contribution < 1.29 is 9.53 Å². The van der Waals surface area contributed by atoms with Crippen LogP contribution in [0.5, 0.6) is 0 Å². The van der Waals surface area contributed by atoms with E-state index in [1.807, 2.05) is 20.8 Å². The molecule has 1 aliphatic rings. The molecule has 0 radical (unpaired) electrons. The summed E-state index contributed by atoms with van der Waals surface area (Å²) in [5, 5.41) is 0. The molecule has 0 aromatic carbocycles. The van der Waals surface area contributed by atoms with Gasteiger partial charge in [-0.3, -0.25) is 0 Å². The first-order valence-electron chi connectivity index (χ1n) is 4.30. The number of likely N-dealkylation sites (tertiary alicyclic amines) is 1. The summed E-state index contributed by atoms with van der Waals surface area (Å²) in [4.78, 5) is 12.9. The molecular formula is C10H17NO2. The summed E-state index contributed by atoms with van der Waals surface area (Å²) in [6.07, 6.45) is 8.93. The Hall–Kier alpha value is -1.17. The SMILES string of the molecule is C#C.CC(C)(C)OC(=O)N1CCC1. The topological polar surface area (TPSA) is 29.5 Å². The highest BCUT2D eigenvalue weighted by Crippen LogP contribution is 2.13. The maximum Gasteiger partial charge on any atom is 0.410 e. The third-order valence-electron chi connectivity index (χ3n) is 1.51. The molecule has 0 aliphatic carbocycles. The highest BCUT2D eigenvalue weighted by molar-refractivity contribution is 5.68. The van der Waals surface area contributed by atoms with E-state index < -0.39 is 0 Å². The highest BCUT2D eigenvalue weighted by atomic mass is 16.6. The second-order valence-electron chi connectivity index (χ2n) is 3.82. The Morgan fingerprint density at radius 3 is 2.00 bits per heavy atom. The van der Waals surface area contributed by atoms with E-state index >= 15 is 0 Å². The lowest BCUT2D eigenvalue weighted by atomic mass is 10.2. The Bertz CT molecular complexity index is 187. The van der Waals surface area contributed by atoms with Crippen molar-refractivity contribution in [2.24, 2.45) is 0 Å². The van der Waals surface area contributed by atoms with E-state index in [1.165, 1.54) is 0 Å². The fourth-order valence-corrected chi connectivity index (χ4v) is 0.825. The first kappa shape index (κ1) is 11.8. The summed E-state index contributed by atoms with van der Waals surface area (Å²) in [6, 6.07) is 0. The largest absolute Gasteiger partial charge is 0.444 e. The second kappa shape index (κ2) is 4.76. The number of hydrogen-bond acceptors (Lipinski definition) is 2. The molecule has 0 bridgehead atoms. The van der Waals surface area contributed by atoms with Gasteiger partial charge in [-0.25, -0.2) is 4.79 Å². The number of carbonyl (C=O) groups is 1. The minimum atomic E-state index is -0.354. The first-order chi connectivity index (χ1) is 5.99. The lowest BCUT2D eigenvalue weighted by molar-refractivity contribution is 0.0131. The van der Waals surface area contributed by atoms with Crippen LogP contribution in [0.15, 0.2) is 0 Å². The Balaban J connectivity index is 0.000000671. The molecule has 0 saturated carbocycles. The van der Waals surface area contributed by atoms with E-state index in [2.05, 4.69) is 12.8 Å². The molecule has 0 aromatic rings. The van der Waals surface area contributed by atoms with E-state index in [4.69, 9.17) is 4.74 Å². The molecule has 3 heteroatoms. The van der Waals surface area contributed by atoms with Crippen LogP contribution in [0.3, 0.4) is 0 Å². The molecule has 1 fully saturated rings. The first-order valence-corrected chi connectivity index (χ1v) is 4.30. The van der Waals surface area contributed by atoms with Crippen molar-refractivity contribution in [1.82, 2.24) is 4.90 Å². The smallest absolute Gasteiger partial charge is 0.410 e. The van der Waals surface area contributed by atoms with Gasteiger partial charge in [-0.2, -0.15) is 0 Å². The van der Waals surface area contributed by atoms with Crippen LogP contribution < -0.4 is 0 Å². The van der Waals surface area contributed by atoms with Gasteiger partial charge in [-0.15, -0.1) is 12.8 Å². The normalized spacial score (nSPS) is 15.0. The van der Waals surface area contributed by atoms with Crippen LogP contribution in [0.4, 0.5) is 4.79 Å². The molecule has 0 unspecified atom stereocenters. The zero-order valence-corrected chi connectivity index (χ0v) is 8.54. The fourth-order valence-electron chi connectivity index (χ4n) is 0.825. The molecule has 1 rings (SSSR count). The lowest BCUT2D eigenvalue weighted by Crippen LogP contribution is -2.44. The number of carbonyl (C=O) groups excluding carboxylic acids is 1. The van der Waals surface area contributed by atoms with Crippen LogP contribution in [-0.2, 0) is 4.74 Å². The Labute approximate surface area is 80.1 Å². The zero-order chi connectivity index (χ0) is 10.5. The Kier molecular flexibility index (Phi) is 4.33. The van der Waals surface area contributed by atoms with Gasteiger partial charge in [0, 0.05) is 13.1 Å². The summed E-state index contributed by atoms with van der Waals surface area (Å²) in [6.45, 7) is 7.35. The van der Waals surface area contributed by atoms with E-state index in [-0.39, 0.29) is 11.7 Å². The number of amides is 1. The van der Waals surface area contributed by atoms with Gasteiger partial charge in [0.05, 0.1) is 0 Å². The third-order valence-corrected chi connectivity index (χ3v) is 1.51. The number of terminal acetylenes is 1. The average Bonchev–Trinajstić information content (AvgIpc) is 1.83. The van der Waals surface area contributed by atoms with Gasteiger partial charge in [0.2, 0.25) is 0 Å². The van der Waals surface area contributed by atoms with Gasteiger partial charge in [0.25, 0.3) is 0 Å². The minimum Gasteiger partial charge on any atom is -0.444 e. The van der Waals surface area contributed by atoms with Crippen molar-refractivity contribution in [3.05, 3.63) is 0 Å². The van der Waals surface area contributed by atoms with E-state index in [9.17, 15) is 4.79 Å². The van der Waals surface area contributed by atoms with Crippen LogP contribution in [0.25, 0.3) is 0 Å². The molecule has 1 heterocycles. The van der Waals surface area contributed by atoms with Gasteiger partial charge in [-0.1, -0.05) is 0 Å². The van der Waals surface area contributed by atoms with Gasteiger partial charge in [0.1, 0.15) is 5.60 Å². The second-order valence-corrected chi connectivity index (χ2v) is 3.82. The van der Waals surface area contributed by atoms with Crippen molar-refractivity contribution in [2.75, 3.05) is 13.1 Å². The van der Waals surface area contributed by atoms with Crippen LogP contribution in [0.1, 0.15) is 27.2 Å². The Morgan fingerprint density at radius 1 is 1.31 bits per heavy atom. The van der Waals surface area contributed by atoms with Crippen LogP contribution in [-0.4, -0.2) is 29.7 Å². The van der Waals surface area contributed by atoms with Crippen LogP contribution >= 0.6 is 0 Å². The molecule has 0 atom stereocenters.